The highest BCUT2D eigenvalue weighted by Crippen LogP contribution is 2.20. The molecule has 0 saturated heterocycles. The Morgan fingerprint density at radius 1 is 1.03 bits per heavy atom. The predicted molar refractivity (Wildman–Crippen MR) is 121 cm³/mol. The Balaban J connectivity index is 1.43. The van der Waals surface area contributed by atoms with Crippen LogP contribution in [0.15, 0.2) is 48.5 Å². The first-order valence-corrected chi connectivity index (χ1v) is 10.6. The van der Waals surface area contributed by atoms with Crippen molar-refractivity contribution in [1.29, 1.82) is 0 Å². The van der Waals surface area contributed by atoms with Gasteiger partial charge in [-0.25, -0.2) is 4.68 Å². The fraction of sp³-hybridized carbons (Fsp3) is 0.333. The lowest BCUT2D eigenvalue weighted by Gasteiger charge is -2.08. The number of aryl methyl sites for hydroxylation is 2. The number of unbranched alkanes of at least 4 members (excludes halogenated alkanes) is 1. The van der Waals surface area contributed by atoms with Crippen LogP contribution in [0.5, 0.6) is 5.75 Å². The molecule has 158 valence electrons. The van der Waals surface area contributed by atoms with Crippen molar-refractivity contribution in [3.05, 3.63) is 76.1 Å². The summed E-state index contributed by atoms with van der Waals surface area (Å²) in [7, 11) is 0. The van der Waals surface area contributed by atoms with Gasteiger partial charge in [-0.05, 0) is 70.0 Å². The van der Waals surface area contributed by atoms with Crippen molar-refractivity contribution in [3.8, 4) is 11.4 Å². The number of nitrogens with one attached hydrogen (secondary N) is 1. The highest BCUT2D eigenvalue weighted by molar-refractivity contribution is 6.30. The van der Waals surface area contributed by atoms with Crippen molar-refractivity contribution in [3.63, 3.8) is 0 Å². The molecule has 0 aliphatic heterocycles. The fourth-order valence-corrected chi connectivity index (χ4v) is 3.39. The Hall–Kier alpha value is -2.79. The topological polar surface area (TPSA) is 56.1 Å². The van der Waals surface area contributed by atoms with Crippen LogP contribution in [-0.4, -0.2) is 28.8 Å². The average Bonchev–Trinajstić information content (AvgIpc) is 3.00. The van der Waals surface area contributed by atoms with E-state index in [0.717, 1.165) is 41.2 Å². The molecule has 0 spiro atoms. The lowest BCUT2D eigenvalue weighted by atomic mass is 10.1. The first-order chi connectivity index (χ1) is 14.4. The summed E-state index contributed by atoms with van der Waals surface area (Å²) in [5, 5.41) is 8.28. The highest BCUT2D eigenvalue weighted by atomic mass is 35.5. The van der Waals surface area contributed by atoms with E-state index in [4.69, 9.17) is 16.3 Å². The molecule has 3 rings (SSSR count). The predicted octanol–water partition coefficient (Wildman–Crippen LogP) is 4.97. The van der Waals surface area contributed by atoms with Crippen molar-refractivity contribution >= 4 is 17.5 Å². The zero-order valence-electron chi connectivity index (χ0n) is 17.7. The van der Waals surface area contributed by atoms with Crippen molar-refractivity contribution < 1.29 is 9.53 Å². The number of aromatic nitrogens is 2. The molecule has 5 nitrogen and oxygen atoms in total. The van der Waals surface area contributed by atoms with Crippen LogP contribution in [0.1, 0.15) is 35.4 Å². The van der Waals surface area contributed by atoms with Gasteiger partial charge in [-0.1, -0.05) is 29.3 Å². The monoisotopic (exact) mass is 425 g/mol. The van der Waals surface area contributed by atoms with Crippen molar-refractivity contribution in [2.24, 2.45) is 0 Å². The summed E-state index contributed by atoms with van der Waals surface area (Å²) in [6.45, 7) is 7.26. The fourth-order valence-electron chi connectivity index (χ4n) is 3.27. The van der Waals surface area contributed by atoms with E-state index in [1.807, 2.05) is 67.1 Å². The average molecular weight is 426 g/mol. The summed E-state index contributed by atoms with van der Waals surface area (Å²) < 4.78 is 7.57. The molecule has 0 bridgehead atoms. The van der Waals surface area contributed by atoms with E-state index >= 15 is 0 Å². The molecular formula is C24H28ClN3O2. The summed E-state index contributed by atoms with van der Waals surface area (Å²) in [5.41, 5.74) is 4.94. The van der Waals surface area contributed by atoms with Crippen LogP contribution in [-0.2, 0) is 11.2 Å². The second kappa shape index (κ2) is 10.3. The van der Waals surface area contributed by atoms with Gasteiger partial charge in [-0.3, -0.25) is 4.79 Å². The van der Waals surface area contributed by atoms with Gasteiger partial charge in [0.1, 0.15) is 5.75 Å². The van der Waals surface area contributed by atoms with Crippen LogP contribution in [0, 0.1) is 20.8 Å². The van der Waals surface area contributed by atoms with E-state index < -0.39 is 0 Å². The number of carbonyl (C=O) groups is 1. The number of carbonyl (C=O) groups excluding carboxylic acids is 1. The maximum Gasteiger partial charge on any atom is 0.224 e. The number of amides is 1. The summed E-state index contributed by atoms with van der Waals surface area (Å²) in [4.78, 5) is 12.4. The third-order valence-electron chi connectivity index (χ3n) is 5.03. The van der Waals surface area contributed by atoms with E-state index in [1.54, 1.807) is 0 Å². The number of nitrogens with zero attached hydrogens (tertiary/aromatic N) is 2. The molecule has 0 saturated carbocycles. The number of rotatable bonds is 9. The summed E-state index contributed by atoms with van der Waals surface area (Å²) in [6.07, 6.45) is 2.09. The first-order valence-electron chi connectivity index (χ1n) is 10.2. The van der Waals surface area contributed by atoms with E-state index in [2.05, 4.69) is 17.3 Å². The number of halogens is 1. The quantitative estimate of drug-likeness (QED) is 0.492. The van der Waals surface area contributed by atoms with E-state index in [9.17, 15) is 4.79 Å². The summed E-state index contributed by atoms with van der Waals surface area (Å²) >= 11 is 5.97. The van der Waals surface area contributed by atoms with E-state index in [0.29, 0.717) is 24.6 Å². The molecule has 30 heavy (non-hydrogen) atoms. The molecule has 1 N–H and O–H groups in total. The molecule has 0 unspecified atom stereocenters. The van der Waals surface area contributed by atoms with Gasteiger partial charge in [0.25, 0.3) is 0 Å². The Morgan fingerprint density at radius 3 is 2.43 bits per heavy atom. The molecule has 0 atom stereocenters. The van der Waals surface area contributed by atoms with Crippen LogP contribution in [0.3, 0.4) is 0 Å². The molecule has 0 radical (unpaired) electrons. The summed E-state index contributed by atoms with van der Waals surface area (Å²) in [6, 6.07) is 15.5. The van der Waals surface area contributed by atoms with Crippen molar-refractivity contribution in [2.75, 3.05) is 13.2 Å². The van der Waals surface area contributed by atoms with Crippen LogP contribution in [0.2, 0.25) is 5.02 Å². The minimum Gasteiger partial charge on any atom is -0.494 e. The number of benzene rings is 2. The lowest BCUT2D eigenvalue weighted by Crippen LogP contribution is -2.26. The Bertz CT molecular complexity index is 979. The molecule has 1 aromatic heterocycles. The second-order valence-corrected chi connectivity index (χ2v) is 7.87. The van der Waals surface area contributed by atoms with Crippen molar-refractivity contribution in [1.82, 2.24) is 15.1 Å². The van der Waals surface area contributed by atoms with Gasteiger partial charge in [-0.15, -0.1) is 0 Å². The van der Waals surface area contributed by atoms with Gasteiger partial charge in [0.2, 0.25) is 5.91 Å². The molecule has 0 aliphatic rings. The standard InChI is InChI=1S/C24H28ClN3O2/c1-17-6-12-22(13-7-17)30-15-5-4-14-26-24(29)16-23-18(2)27-28(19(23)3)21-10-8-20(25)9-11-21/h6-13H,4-5,14-16H2,1-3H3,(H,26,29). The molecule has 2 aromatic carbocycles. The van der Waals surface area contributed by atoms with E-state index in [-0.39, 0.29) is 5.91 Å². The maximum atomic E-state index is 12.4. The van der Waals surface area contributed by atoms with Crippen LogP contribution < -0.4 is 10.1 Å². The molecule has 0 aliphatic carbocycles. The van der Waals surface area contributed by atoms with Gasteiger partial charge in [-0.2, -0.15) is 5.10 Å². The van der Waals surface area contributed by atoms with Crippen LogP contribution in [0.25, 0.3) is 5.69 Å². The van der Waals surface area contributed by atoms with Crippen LogP contribution in [0.4, 0.5) is 0 Å². The number of hydrogen-bond acceptors (Lipinski definition) is 3. The number of hydrogen-bond donors (Lipinski definition) is 1. The zero-order valence-corrected chi connectivity index (χ0v) is 18.5. The van der Waals surface area contributed by atoms with E-state index in [1.165, 1.54) is 5.56 Å². The SMILES string of the molecule is Cc1ccc(OCCCCNC(=O)Cc2c(C)nn(-c3ccc(Cl)cc3)c2C)cc1. The van der Waals surface area contributed by atoms with Crippen molar-refractivity contribution in [2.45, 2.75) is 40.0 Å². The molecule has 1 amide bonds. The highest BCUT2D eigenvalue weighted by Gasteiger charge is 2.15. The molecule has 0 fully saturated rings. The van der Waals surface area contributed by atoms with Gasteiger partial charge in [0.15, 0.2) is 0 Å². The van der Waals surface area contributed by atoms with Crippen LogP contribution >= 0.6 is 11.6 Å². The van der Waals surface area contributed by atoms with Gasteiger partial charge in [0.05, 0.1) is 24.4 Å². The van der Waals surface area contributed by atoms with Gasteiger partial charge >= 0.3 is 0 Å². The minimum atomic E-state index is 0.0105. The molecule has 6 heteroatoms. The third-order valence-corrected chi connectivity index (χ3v) is 5.28. The number of ether oxygens (including phenoxy) is 1. The first kappa shape index (κ1) is 21.9. The normalized spacial score (nSPS) is 10.8. The second-order valence-electron chi connectivity index (χ2n) is 7.43. The Kier molecular flexibility index (Phi) is 7.52. The Labute approximate surface area is 183 Å². The minimum absolute atomic E-state index is 0.0105. The van der Waals surface area contributed by atoms with Gasteiger partial charge in [0, 0.05) is 22.8 Å². The smallest absolute Gasteiger partial charge is 0.224 e. The zero-order chi connectivity index (χ0) is 21.5. The molecule has 1 heterocycles. The molecule has 3 aromatic rings. The maximum absolute atomic E-state index is 12.4. The third kappa shape index (κ3) is 5.86. The summed E-state index contributed by atoms with van der Waals surface area (Å²) in [5.74, 6) is 0.893. The lowest BCUT2D eigenvalue weighted by molar-refractivity contribution is -0.120. The molecular weight excluding hydrogens is 398 g/mol. The largest absolute Gasteiger partial charge is 0.494 e. The Morgan fingerprint density at radius 2 is 1.73 bits per heavy atom. The van der Waals surface area contributed by atoms with Gasteiger partial charge < -0.3 is 10.1 Å².